The number of rotatable bonds is 3. The second kappa shape index (κ2) is 6.35. The summed E-state index contributed by atoms with van der Waals surface area (Å²) in [4.78, 5) is 15.4. The number of benzene rings is 1. The van der Waals surface area contributed by atoms with E-state index < -0.39 is 0 Å². The first-order valence-electron chi connectivity index (χ1n) is 6.14. The van der Waals surface area contributed by atoms with E-state index in [4.69, 9.17) is 16.3 Å². The Morgan fingerprint density at radius 1 is 1.15 bits per heavy atom. The fourth-order valence-electron chi connectivity index (χ4n) is 1.67. The SMILES string of the molecule is CC(=O)Oc1ccc(C)nc1/C=C/c1ccc(Cl)cc1. The van der Waals surface area contributed by atoms with Crippen LogP contribution < -0.4 is 4.74 Å². The monoisotopic (exact) mass is 287 g/mol. The van der Waals surface area contributed by atoms with Gasteiger partial charge in [-0.15, -0.1) is 0 Å². The molecule has 0 amide bonds. The molecule has 0 aliphatic rings. The molecule has 0 aliphatic heterocycles. The highest BCUT2D eigenvalue weighted by Gasteiger charge is 2.05. The van der Waals surface area contributed by atoms with E-state index in [1.54, 1.807) is 12.1 Å². The summed E-state index contributed by atoms with van der Waals surface area (Å²) >= 11 is 5.84. The molecule has 0 N–H and O–H groups in total. The third-order valence-electron chi connectivity index (χ3n) is 2.58. The summed E-state index contributed by atoms with van der Waals surface area (Å²) in [6, 6.07) is 11.0. The van der Waals surface area contributed by atoms with Crippen molar-refractivity contribution in [3.05, 3.63) is 58.4 Å². The summed E-state index contributed by atoms with van der Waals surface area (Å²) in [5, 5.41) is 0.691. The van der Waals surface area contributed by atoms with Gasteiger partial charge in [0.05, 0.1) is 0 Å². The first-order valence-corrected chi connectivity index (χ1v) is 6.52. The van der Waals surface area contributed by atoms with Gasteiger partial charge < -0.3 is 4.74 Å². The van der Waals surface area contributed by atoms with Crippen LogP contribution in [-0.2, 0) is 4.79 Å². The van der Waals surface area contributed by atoms with Crippen LogP contribution in [0.25, 0.3) is 12.2 Å². The quantitative estimate of drug-likeness (QED) is 0.797. The number of carbonyl (C=O) groups excluding carboxylic acids is 1. The maximum atomic E-state index is 11.1. The maximum absolute atomic E-state index is 11.1. The van der Waals surface area contributed by atoms with Gasteiger partial charge in [0, 0.05) is 17.6 Å². The lowest BCUT2D eigenvalue weighted by Gasteiger charge is -2.05. The molecule has 2 rings (SSSR count). The molecule has 0 aliphatic carbocycles. The molecule has 20 heavy (non-hydrogen) atoms. The van der Waals surface area contributed by atoms with Crippen molar-refractivity contribution >= 4 is 29.7 Å². The smallest absolute Gasteiger partial charge is 0.308 e. The zero-order valence-corrected chi connectivity index (χ0v) is 12.0. The lowest BCUT2D eigenvalue weighted by Crippen LogP contribution is -2.04. The molecule has 4 heteroatoms. The third kappa shape index (κ3) is 3.93. The minimum atomic E-state index is -0.364. The van der Waals surface area contributed by atoms with Gasteiger partial charge in [-0.1, -0.05) is 29.8 Å². The highest BCUT2D eigenvalue weighted by molar-refractivity contribution is 6.30. The molecule has 0 bridgehead atoms. The summed E-state index contributed by atoms with van der Waals surface area (Å²) in [5.74, 6) is 0.0881. The van der Waals surface area contributed by atoms with Crippen molar-refractivity contribution in [1.82, 2.24) is 4.98 Å². The average molecular weight is 288 g/mol. The lowest BCUT2D eigenvalue weighted by atomic mass is 10.2. The van der Waals surface area contributed by atoms with Crippen LogP contribution in [0.2, 0.25) is 5.02 Å². The molecule has 1 aromatic carbocycles. The molecule has 0 spiro atoms. The summed E-state index contributed by atoms with van der Waals surface area (Å²) in [5.41, 5.74) is 2.47. The summed E-state index contributed by atoms with van der Waals surface area (Å²) in [6.45, 7) is 3.25. The van der Waals surface area contributed by atoms with E-state index in [1.807, 2.05) is 43.3 Å². The summed E-state index contributed by atoms with van der Waals surface area (Å²) < 4.78 is 5.13. The van der Waals surface area contributed by atoms with Gasteiger partial charge in [-0.3, -0.25) is 4.79 Å². The minimum absolute atomic E-state index is 0.364. The van der Waals surface area contributed by atoms with Gasteiger partial charge in [0.15, 0.2) is 5.75 Å². The molecule has 1 aromatic heterocycles. The Labute approximate surface area is 122 Å². The van der Waals surface area contributed by atoms with Crippen molar-refractivity contribution in [2.45, 2.75) is 13.8 Å². The van der Waals surface area contributed by atoms with Crippen LogP contribution in [0, 0.1) is 6.92 Å². The zero-order valence-electron chi connectivity index (χ0n) is 11.3. The van der Waals surface area contributed by atoms with Crippen LogP contribution in [0.4, 0.5) is 0 Å². The molecule has 0 fully saturated rings. The van der Waals surface area contributed by atoms with Gasteiger partial charge in [-0.2, -0.15) is 0 Å². The molecule has 3 nitrogen and oxygen atoms in total. The molecule has 0 unspecified atom stereocenters. The number of ether oxygens (including phenoxy) is 1. The van der Waals surface area contributed by atoms with Crippen molar-refractivity contribution in [2.75, 3.05) is 0 Å². The third-order valence-corrected chi connectivity index (χ3v) is 2.83. The molecule has 0 saturated carbocycles. The van der Waals surface area contributed by atoms with E-state index >= 15 is 0 Å². The number of hydrogen-bond donors (Lipinski definition) is 0. The van der Waals surface area contributed by atoms with E-state index in [-0.39, 0.29) is 5.97 Å². The van der Waals surface area contributed by atoms with Crippen molar-refractivity contribution < 1.29 is 9.53 Å². The maximum Gasteiger partial charge on any atom is 0.308 e. The molecule has 0 atom stereocenters. The molecule has 0 radical (unpaired) electrons. The van der Waals surface area contributed by atoms with Crippen LogP contribution in [0.5, 0.6) is 5.75 Å². The zero-order chi connectivity index (χ0) is 14.5. The Morgan fingerprint density at radius 3 is 2.50 bits per heavy atom. The first kappa shape index (κ1) is 14.3. The van der Waals surface area contributed by atoms with E-state index in [0.29, 0.717) is 16.5 Å². The molecule has 0 saturated heterocycles. The second-order valence-electron chi connectivity index (χ2n) is 4.31. The topological polar surface area (TPSA) is 39.2 Å². The number of aromatic nitrogens is 1. The van der Waals surface area contributed by atoms with Crippen LogP contribution >= 0.6 is 11.6 Å². The van der Waals surface area contributed by atoms with E-state index in [0.717, 1.165) is 11.3 Å². The number of esters is 1. The van der Waals surface area contributed by atoms with Crippen molar-refractivity contribution in [2.24, 2.45) is 0 Å². The number of pyridine rings is 1. The van der Waals surface area contributed by atoms with Crippen LogP contribution in [0.3, 0.4) is 0 Å². The lowest BCUT2D eigenvalue weighted by molar-refractivity contribution is -0.131. The summed E-state index contributed by atoms with van der Waals surface area (Å²) in [7, 11) is 0. The van der Waals surface area contributed by atoms with Gasteiger partial charge >= 0.3 is 5.97 Å². The Kier molecular flexibility index (Phi) is 4.53. The van der Waals surface area contributed by atoms with Gasteiger partial charge in [0.1, 0.15) is 5.69 Å². The average Bonchev–Trinajstić information content (AvgIpc) is 2.40. The van der Waals surface area contributed by atoms with Crippen molar-refractivity contribution in [3.63, 3.8) is 0 Å². The standard InChI is InChI=1S/C16H14ClNO2/c1-11-3-10-16(20-12(2)19)15(18-11)9-6-13-4-7-14(17)8-5-13/h3-10H,1-2H3/b9-6+. The predicted octanol–water partition coefficient (Wildman–Crippen LogP) is 4.14. The van der Waals surface area contributed by atoms with Crippen LogP contribution in [0.15, 0.2) is 36.4 Å². The highest BCUT2D eigenvalue weighted by atomic mass is 35.5. The van der Waals surface area contributed by atoms with Gasteiger partial charge in [-0.05, 0) is 42.8 Å². The normalized spacial score (nSPS) is 10.8. The Balaban J connectivity index is 2.29. The molecular weight excluding hydrogens is 274 g/mol. The fraction of sp³-hybridized carbons (Fsp3) is 0.125. The minimum Gasteiger partial charge on any atom is -0.424 e. The molecule has 1 heterocycles. The molecular formula is C16H14ClNO2. The van der Waals surface area contributed by atoms with Crippen molar-refractivity contribution in [3.8, 4) is 5.75 Å². The van der Waals surface area contributed by atoms with Gasteiger partial charge in [0.2, 0.25) is 0 Å². The van der Waals surface area contributed by atoms with Crippen LogP contribution in [0.1, 0.15) is 23.9 Å². The Hall–Kier alpha value is -2.13. The summed E-state index contributed by atoms with van der Waals surface area (Å²) in [6.07, 6.45) is 3.71. The largest absolute Gasteiger partial charge is 0.424 e. The van der Waals surface area contributed by atoms with Crippen LogP contribution in [-0.4, -0.2) is 11.0 Å². The van der Waals surface area contributed by atoms with Gasteiger partial charge in [0.25, 0.3) is 0 Å². The number of carbonyl (C=O) groups is 1. The van der Waals surface area contributed by atoms with E-state index in [2.05, 4.69) is 4.98 Å². The highest BCUT2D eigenvalue weighted by Crippen LogP contribution is 2.20. The van der Waals surface area contributed by atoms with E-state index in [9.17, 15) is 4.79 Å². The Bertz CT molecular complexity index is 648. The number of nitrogens with zero attached hydrogens (tertiary/aromatic N) is 1. The number of hydrogen-bond acceptors (Lipinski definition) is 3. The number of aryl methyl sites for hydroxylation is 1. The molecule has 2 aromatic rings. The number of halogens is 1. The van der Waals surface area contributed by atoms with E-state index in [1.165, 1.54) is 6.92 Å². The second-order valence-corrected chi connectivity index (χ2v) is 4.75. The van der Waals surface area contributed by atoms with Crippen molar-refractivity contribution in [1.29, 1.82) is 0 Å². The molecule has 102 valence electrons. The fourth-order valence-corrected chi connectivity index (χ4v) is 1.80. The predicted molar refractivity (Wildman–Crippen MR) is 80.7 cm³/mol. The first-order chi connectivity index (χ1) is 9.54. The Morgan fingerprint density at radius 2 is 1.85 bits per heavy atom. The van der Waals surface area contributed by atoms with Gasteiger partial charge in [-0.25, -0.2) is 4.98 Å².